The first-order valence-electron chi connectivity index (χ1n) is 2.32. The molecule has 8 heavy (non-hydrogen) atoms. The van der Waals surface area contributed by atoms with E-state index in [1.54, 1.807) is 14.0 Å². The third-order valence-electron chi connectivity index (χ3n) is 1.02. The summed E-state index contributed by atoms with van der Waals surface area (Å²) in [6.07, 6.45) is 0. The smallest absolute Gasteiger partial charge is 0.235 e. The summed E-state index contributed by atoms with van der Waals surface area (Å²) in [6, 6.07) is -0.380. The van der Waals surface area contributed by atoms with Gasteiger partial charge in [0.05, 0.1) is 6.04 Å². The number of carbonyl (C=O) groups excluding carboxylic acids is 1. The molecule has 1 atom stereocenters. The molecule has 0 heterocycles. The Labute approximate surface area is 48.4 Å². The van der Waals surface area contributed by atoms with Crippen molar-refractivity contribution in [1.82, 2.24) is 5.01 Å². The Morgan fingerprint density at radius 3 is 2.12 bits per heavy atom. The molecule has 0 saturated heterocycles. The number of carbonyl (C=O) groups is 1. The van der Waals surface area contributed by atoms with E-state index in [1.165, 1.54) is 5.01 Å². The van der Waals surface area contributed by atoms with Crippen LogP contribution < -0.4 is 11.6 Å². The molecule has 0 aliphatic rings. The minimum atomic E-state index is -0.407. The van der Waals surface area contributed by atoms with Crippen molar-refractivity contribution in [3.63, 3.8) is 0 Å². The molecule has 48 valence electrons. The van der Waals surface area contributed by atoms with Gasteiger partial charge in [-0.3, -0.25) is 10.6 Å². The molecule has 0 saturated carbocycles. The van der Waals surface area contributed by atoms with E-state index in [-0.39, 0.29) is 6.04 Å². The van der Waals surface area contributed by atoms with E-state index in [0.29, 0.717) is 0 Å². The van der Waals surface area contributed by atoms with Gasteiger partial charge in [-0.15, -0.1) is 0 Å². The van der Waals surface area contributed by atoms with Gasteiger partial charge in [-0.25, -0.2) is 5.01 Å². The highest BCUT2D eigenvalue weighted by molar-refractivity contribution is 5.79. The van der Waals surface area contributed by atoms with Gasteiger partial charge in [0.1, 0.15) is 0 Å². The molecule has 0 aromatic carbocycles. The summed E-state index contributed by atoms with van der Waals surface area (Å²) in [5.74, 6) is 4.76. The van der Waals surface area contributed by atoms with Crippen molar-refractivity contribution < 1.29 is 4.79 Å². The fourth-order valence-electron chi connectivity index (χ4n) is 0.201. The van der Waals surface area contributed by atoms with Gasteiger partial charge in [0.15, 0.2) is 0 Å². The molecule has 4 heteroatoms. The van der Waals surface area contributed by atoms with E-state index >= 15 is 0 Å². The molecule has 0 fully saturated rings. The maximum atomic E-state index is 10.2. The number of likely N-dealkylation sites (N-methyl/N-ethyl adjacent to an activating group) is 1. The Bertz CT molecular complexity index is 91.3. The van der Waals surface area contributed by atoms with Crippen LogP contribution in [0.2, 0.25) is 0 Å². The summed E-state index contributed by atoms with van der Waals surface area (Å²) in [6.45, 7) is 1.64. The molecule has 4 N–H and O–H groups in total. The number of hydrazine groups is 1. The first kappa shape index (κ1) is 7.39. The van der Waals surface area contributed by atoms with Gasteiger partial charge < -0.3 is 5.73 Å². The van der Waals surface area contributed by atoms with Crippen LogP contribution in [0.3, 0.4) is 0 Å². The van der Waals surface area contributed by atoms with E-state index in [4.69, 9.17) is 11.6 Å². The number of hydrogen-bond acceptors (Lipinski definition) is 3. The zero-order valence-corrected chi connectivity index (χ0v) is 5.09. The topological polar surface area (TPSA) is 72.4 Å². The lowest BCUT2D eigenvalue weighted by atomic mass is 10.3. The summed E-state index contributed by atoms with van der Waals surface area (Å²) in [5.41, 5.74) is 4.88. The van der Waals surface area contributed by atoms with E-state index in [0.717, 1.165) is 0 Å². The Morgan fingerprint density at radius 1 is 1.75 bits per heavy atom. The molecule has 0 aliphatic heterocycles. The molecule has 0 radical (unpaired) electrons. The van der Waals surface area contributed by atoms with Crippen molar-refractivity contribution in [2.45, 2.75) is 13.0 Å². The van der Waals surface area contributed by atoms with Crippen LogP contribution in [0.15, 0.2) is 0 Å². The van der Waals surface area contributed by atoms with Crippen LogP contribution in [-0.4, -0.2) is 24.0 Å². The monoisotopic (exact) mass is 117 g/mol. The van der Waals surface area contributed by atoms with Gasteiger partial charge in [0, 0.05) is 7.05 Å². The largest absolute Gasteiger partial charge is 0.368 e. The maximum absolute atomic E-state index is 10.2. The van der Waals surface area contributed by atoms with Crippen LogP contribution in [0.25, 0.3) is 0 Å². The first-order valence-corrected chi connectivity index (χ1v) is 2.32. The standard InChI is InChI=1S/C4H11N3O/c1-3(4(5)8)7(2)6/h3H,6H2,1-2H3,(H2,5,8)/t3-/m0/s1. The zero-order valence-electron chi connectivity index (χ0n) is 5.09. The zero-order chi connectivity index (χ0) is 6.73. The van der Waals surface area contributed by atoms with Gasteiger partial charge in [0.2, 0.25) is 5.91 Å². The average Bonchev–Trinajstić information content (AvgIpc) is 1.64. The third-order valence-corrected chi connectivity index (χ3v) is 1.02. The second kappa shape index (κ2) is 2.64. The van der Waals surface area contributed by atoms with Gasteiger partial charge in [0.25, 0.3) is 0 Å². The van der Waals surface area contributed by atoms with Crippen molar-refractivity contribution >= 4 is 5.91 Å². The fourth-order valence-corrected chi connectivity index (χ4v) is 0.201. The lowest BCUT2D eigenvalue weighted by molar-refractivity contribution is -0.122. The predicted molar refractivity (Wildman–Crippen MR) is 30.6 cm³/mol. The van der Waals surface area contributed by atoms with Crippen molar-refractivity contribution in [2.24, 2.45) is 11.6 Å². The van der Waals surface area contributed by atoms with Crippen LogP contribution in [0.1, 0.15) is 6.92 Å². The molecule has 0 spiro atoms. The van der Waals surface area contributed by atoms with Crippen molar-refractivity contribution in [1.29, 1.82) is 0 Å². The Kier molecular flexibility index (Phi) is 2.44. The van der Waals surface area contributed by atoms with Crippen LogP contribution >= 0.6 is 0 Å². The van der Waals surface area contributed by atoms with Gasteiger partial charge in [-0.2, -0.15) is 0 Å². The maximum Gasteiger partial charge on any atom is 0.235 e. The van der Waals surface area contributed by atoms with Crippen molar-refractivity contribution in [3.05, 3.63) is 0 Å². The number of amides is 1. The Balaban J connectivity index is 3.64. The number of nitrogens with two attached hydrogens (primary N) is 2. The minimum Gasteiger partial charge on any atom is -0.368 e. The Morgan fingerprint density at radius 2 is 2.12 bits per heavy atom. The lowest BCUT2D eigenvalue weighted by Gasteiger charge is -2.14. The van der Waals surface area contributed by atoms with Crippen LogP contribution in [0.5, 0.6) is 0 Å². The molecule has 4 nitrogen and oxygen atoms in total. The number of hydrogen-bond donors (Lipinski definition) is 2. The number of rotatable bonds is 2. The molecule has 1 amide bonds. The van der Waals surface area contributed by atoms with E-state index in [2.05, 4.69) is 0 Å². The normalized spacial score (nSPS) is 14.0. The van der Waals surface area contributed by atoms with Crippen molar-refractivity contribution in [2.75, 3.05) is 7.05 Å². The van der Waals surface area contributed by atoms with Crippen LogP contribution in [-0.2, 0) is 4.79 Å². The summed E-state index contributed by atoms with van der Waals surface area (Å²) < 4.78 is 0. The molecule has 0 aromatic rings. The van der Waals surface area contributed by atoms with Gasteiger partial charge in [-0.05, 0) is 6.92 Å². The molecule has 0 bridgehead atoms. The Hall–Kier alpha value is -0.610. The van der Waals surface area contributed by atoms with E-state index in [1.807, 2.05) is 0 Å². The van der Waals surface area contributed by atoms with Crippen LogP contribution in [0, 0.1) is 0 Å². The molecule has 0 aliphatic carbocycles. The highest BCUT2D eigenvalue weighted by atomic mass is 16.1. The fraction of sp³-hybridized carbons (Fsp3) is 0.750. The average molecular weight is 117 g/mol. The quantitative estimate of drug-likeness (QED) is 0.347. The summed E-state index contributed by atoms with van der Waals surface area (Å²) in [4.78, 5) is 10.2. The molecule has 0 aromatic heterocycles. The predicted octanol–water partition coefficient (Wildman–Crippen LogP) is -1.33. The summed E-state index contributed by atoms with van der Waals surface area (Å²) >= 11 is 0. The number of nitrogens with zero attached hydrogens (tertiary/aromatic N) is 1. The highest BCUT2D eigenvalue weighted by Gasteiger charge is 2.09. The summed E-state index contributed by atoms with van der Waals surface area (Å²) in [5, 5.41) is 1.27. The summed E-state index contributed by atoms with van der Waals surface area (Å²) in [7, 11) is 1.59. The second-order valence-electron chi connectivity index (χ2n) is 1.74. The highest BCUT2D eigenvalue weighted by Crippen LogP contribution is 1.83. The SMILES string of the molecule is C[C@@H](C(N)=O)N(C)N. The molecule has 0 unspecified atom stereocenters. The van der Waals surface area contributed by atoms with E-state index < -0.39 is 5.91 Å². The molecular formula is C4H11N3O. The second-order valence-corrected chi connectivity index (χ2v) is 1.74. The van der Waals surface area contributed by atoms with Gasteiger partial charge in [-0.1, -0.05) is 0 Å². The number of primary amides is 1. The van der Waals surface area contributed by atoms with Gasteiger partial charge >= 0.3 is 0 Å². The lowest BCUT2D eigenvalue weighted by Crippen LogP contribution is -2.44. The van der Waals surface area contributed by atoms with E-state index in [9.17, 15) is 4.79 Å². The molecular weight excluding hydrogens is 106 g/mol. The minimum absolute atomic E-state index is 0.380. The molecule has 0 rings (SSSR count). The van der Waals surface area contributed by atoms with Crippen molar-refractivity contribution in [3.8, 4) is 0 Å². The first-order chi connectivity index (χ1) is 3.55. The third kappa shape index (κ3) is 1.90. The van der Waals surface area contributed by atoms with Crippen LogP contribution in [0.4, 0.5) is 0 Å².